The number of rotatable bonds is 37. The molecule has 1 aliphatic rings. The Morgan fingerprint density at radius 1 is 0.655 bits per heavy atom. The molecule has 1 saturated heterocycles. The van der Waals surface area contributed by atoms with E-state index in [2.05, 4.69) is 54.8 Å². The van der Waals surface area contributed by atoms with E-state index in [1.54, 1.807) is 0 Å². The number of aliphatic carboxylic acids is 1. The van der Waals surface area contributed by atoms with Gasteiger partial charge in [-0.2, -0.15) is 0 Å². The molecule has 0 amide bonds. The van der Waals surface area contributed by atoms with Crippen molar-refractivity contribution in [1.82, 2.24) is 0 Å². The summed E-state index contributed by atoms with van der Waals surface area (Å²) in [5, 5.41) is 8.88. The van der Waals surface area contributed by atoms with Gasteiger partial charge in [0.15, 0.2) is 6.10 Å². The number of carboxylic acid groups (broad SMARTS) is 1. The first-order chi connectivity index (χ1) is 26.6. The molecule has 0 saturated carbocycles. The summed E-state index contributed by atoms with van der Waals surface area (Å²) >= 11 is 0. The Labute approximate surface area is 330 Å². The minimum Gasteiger partial charge on any atom is -0.480 e. The number of carboxylic acids is 1. The maximum atomic E-state index is 12.6. The first-order valence-corrected chi connectivity index (χ1v) is 22.3. The predicted octanol–water partition coefficient (Wildman–Crippen LogP) is 9.60. The van der Waals surface area contributed by atoms with Crippen LogP contribution in [0, 0.1) is 0 Å². The van der Waals surface area contributed by atoms with E-state index in [9.17, 15) is 23.8 Å². The van der Waals surface area contributed by atoms with Crippen molar-refractivity contribution in [2.24, 2.45) is 5.73 Å². The summed E-state index contributed by atoms with van der Waals surface area (Å²) in [6.07, 6.45) is 37.8. The van der Waals surface area contributed by atoms with Crippen LogP contribution in [-0.2, 0) is 42.2 Å². The number of allylic oxidation sites excluding steroid dienone is 6. The van der Waals surface area contributed by atoms with Gasteiger partial charge in [0.25, 0.3) is 0 Å². The third-order valence-corrected chi connectivity index (χ3v) is 9.90. The molecule has 0 aliphatic carbocycles. The molecule has 1 rings (SSSR count). The fraction of sp³-hybridized carbons (Fsp3) is 0.738. The van der Waals surface area contributed by atoms with Crippen molar-refractivity contribution in [3.63, 3.8) is 0 Å². The summed E-state index contributed by atoms with van der Waals surface area (Å²) in [6.45, 7) is 2.66. The van der Waals surface area contributed by atoms with E-state index in [0.717, 1.165) is 64.2 Å². The topological polar surface area (TPSA) is 184 Å². The van der Waals surface area contributed by atoms with E-state index < -0.39 is 51.1 Å². The molecule has 0 bridgehead atoms. The zero-order valence-electron chi connectivity index (χ0n) is 33.7. The minimum absolute atomic E-state index is 0.0770. The van der Waals surface area contributed by atoms with Gasteiger partial charge in [0.2, 0.25) is 0 Å². The number of ether oxygens (including phenoxy) is 3. The van der Waals surface area contributed by atoms with Crippen molar-refractivity contribution in [1.29, 1.82) is 0 Å². The van der Waals surface area contributed by atoms with Crippen LogP contribution in [0.5, 0.6) is 0 Å². The van der Waals surface area contributed by atoms with E-state index in [1.165, 1.54) is 44.9 Å². The van der Waals surface area contributed by atoms with Crippen molar-refractivity contribution in [3.05, 3.63) is 48.6 Å². The average Bonchev–Trinajstić information content (AvgIpc) is 3.92. The molecule has 316 valence electrons. The number of epoxide rings is 1. The molecule has 1 fully saturated rings. The first-order valence-electron chi connectivity index (χ1n) is 20.8. The third kappa shape index (κ3) is 31.2. The number of unbranched alkanes of at least 4 members (excludes halogenated alkanes) is 13. The fourth-order valence-electron chi connectivity index (χ4n) is 5.50. The highest BCUT2D eigenvalue weighted by Crippen LogP contribution is 2.43. The van der Waals surface area contributed by atoms with Crippen molar-refractivity contribution in [2.75, 3.05) is 19.8 Å². The van der Waals surface area contributed by atoms with Crippen molar-refractivity contribution < 1.29 is 52.2 Å². The number of nitrogens with two attached hydrogens (primary N) is 1. The molecule has 5 atom stereocenters. The van der Waals surface area contributed by atoms with Gasteiger partial charge in [-0.25, -0.2) is 4.57 Å². The van der Waals surface area contributed by atoms with Gasteiger partial charge in [0.1, 0.15) is 12.6 Å². The van der Waals surface area contributed by atoms with Crippen LogP contribution in [0.25, 0.3) is 0 Å². The molecule has 0 radical (unpaired) electrons. The monoisotopic (exact) mass is 797 g/mol. The molecule has 0 aromatic carbocycles. The quantitative estimate of drug-likeness (QED) is 0.0178. The summed E-state index contributed by atoms with van der Waals surface area (Å²) in [4.78, 5) is 45.9. The number of phosphoric ester groups is 1. The number of hydrogen-bond acceptors (Lipinski definition) is 10. The fourth-order valence-corrected chi connectivity index (χ4v) is 6.28. The van der Waals surface area contributed by atoms with Gasteiger partial charge >= 0.3 is 25.7 Å². The van der Waals surface area contributed by atoms with Crippen LogP contribution in [0.15, 0.2) is 48.6 Å². The lowest BCUT2D eigenvalue weighted by Crippen LogP contribution is -2.34. The highest BCUT2D eigenvalue weighted by molar-refractivity contribution is 7.47. The molecule has 3 unspecified atom stereocenters. The van der Waals surface area contributed by atoms with E-state index >= 15 is 0 Å². The summed E-state index contributed by atoms with van der Waals surface area (Å²) < 4.78 is 38.3. The van der Waals surface area contributed by atoms with Crippen LogP contribution >= 0.6 is 7.82 Å². The number of carbonyl (C=O) groups excluding carboxylic acids is 2. The molecule has 4 N–H and O–H groups in total. The average molecular weight is 798 g/mol. The normalized spacial score (nSPS) is 18.0. The zero-order chi connectivity index (χ0) is 40.4. The number of carbonyl (C=O) groups is 3. The second-order valence-corrected chi connectivity index (χ2v) is 15.6. The van der Waals surface area contributed by atoms with E-state index in [0.29, 0.717) is 31.5 Å². The van der Waals surface area contributed by atoms with E-state index in [4.69, 9.17) is 29.6 Å². The Kier molecular flexibility index (Phi) is 30.7. The molecule has 13 heteroatoms. The third-order valence-electron chi connectivity index (χ3n) is 8.95. The number of hydrogen-bond donors (Lipinski definition) is 3. The Morgan fingerprint density at radius 3 is 1.82 bits per heavy atom. The van der Waals surface area contributed by atoms with Crippen LogP contribution in [0.2, 0.25) is 0 Å². The Balaban J connectivity index is 2.36. The van der Waals surface area contributed by atoms with E-state index in [1.807, 2.05) is 12.2 Å². The standard InChI is InChI=1S/C42H72NO11P/c1-3-5-7-9-11-12-13-14-15-16-19-23-27-31-40(44)50-33-36(34-51-55(48,49)52-35-37(43)42(46)47)53-41(45)32-28-24-20-17-18-22-26-30-39-38(54-39)29-25-21-10-8-6-4-2/h12-13,17,20-22,25-26,36-39H,3-11,14-16,18-19,23-24,27-35,43H2,1-2H3,(H,46,47)(H,48,49)/b13-12-,20-17-,25-21-,26-22-/t36-,37+,38?,39?/m1/s1. The van der Waals surface area contributed by atoms with Gasteiger partial charge in [-0.15, -0.1) is 0 Å². The van der Waals surface area contributed by atoms with Crippen LogP contribution in [0.3, 0.4) is 0 Å². The van der Waals surface area contributed by atoms with Gasteiger partial charge in [0, 0.05) is 12.8 Å². The maximum Gasteiger partial charge on any atom is 0.472 e. The van der Waals surface area contributed by atoms with Crippen LogP contribution in [0.1, 0.15) is 155 Å². The predicted molar refractivity (Wildman–Crippen MR) is 216 cm³/mol. The lowest BCUT2D eigenvalue weighted by atomic mass is 10.1. The minimum atomic E-state index is -4.74. The van der Waals surface area contributed by atoms with Gasteiger partial charge in [0.05, 0.1) is 25.4 Å². The largest absolute Gasteiger partial charge is 0.480 e. The zero-order valence-corrected chi connectivity index (χ0v) is 34.6. The van der Waals surface area contributed by atoms with Gasteiger partial charge < -0.3 is 29.9 Å². The molecule has 0 aromatic heterocycles. The molecule has 12 nitrogen and oxygen atoms in total. The molecule has 0 aromatic rings. The molecule has 1 aliphatic heterocycles. The highest BCUT2D eigenvalue weighted by atomic mass is 31.2. The Hall–Kier alpha value is -2.60. The maximum absolute atomic E-state index is 12.6. The Bertz CT molecular complexity index is 1190. The van der Waals surface area contributed by atoms with Crippen LogP contribution < -0.4 is 5.73 Å². The first kappa shape index (κ1) is 50.4. The second-order valence-electron chi connectivity index (χ2n) is 14.1. The van der Waals surface area contributed by atoms with Crippen LogP contribution in [-0.4, -0.2) is 72.1 Å². The molecule has 0 spiro atoms. The van der Waals surface area contributed by atoms with E-state index in [-0.39, 0.29) is 19.4 Å². The highest BCUT2D eigenvalue weighted by Gasteiger charge is 2.36. The van der Waals surface area contributed by atoms with Crippen LogP contribution in [0.4, 0.5) is 0 Å². The van der Waals surface area contributed by atoms with Crippen molar-refractivity contribution in [2.45, 2.75) is 179 Å². The van der Waals surface area contributed by atoms with Gasteiger partial charge in [-0.1, -0.05) is 114 Å². The smallest absolute Gasteiger partial charge is 0.472 e. The number of esters is 2. The number of phosphoric acid groups is 1. The molecule has 55 heavy (non-hydrogen) atoms. The lowest BCUT2D eigenvalue weighted by molar-refractivity contribution is -0.161. The summed E-state index contributed by atoms with van der Waals surface area (Å²) in [7, 11) is -4.74. The summed E-state index contributed by atoms with van der Waals surface area (Å²) in [5.41, 5.74) is 5.32. The Morgan fingerprint density at radius 2 is 1.15 bits per heavy atom. The SMILES string of the molecule is CCCCC/C=C\CC1OC1C/C=C\C/C=C\CCCC(=O)O[C@H](COC(=O)CCCCCCC/C=C\CCCCCC)COP(=O)(O)OC[C@H](N)C(=O)O. The lowest BCUT2D eigenvalue weighted by Gasteiger charge is -2.20. The van der Waals surface area contributed by atoms with Gasteiger partial charge in [-0.3, -0.25) is 23.4 Å². The molecule has 1 heterocycles. The summed E-state index contributed by atoms with van der Waals surface area (Å²) in [6, 6.07) is -1.53. The van der Waals surface area contributed by atoms with Crippen molar-refractivity contribution >= 4 is 25.7 Å². The van der Waals surface area contributed by atoms with Gasteiger partial charge in [-0.05, 0) is 77.0 Å². The van der Waals surface area contributed by atoms with Crippen molar-refractivity contribution in [3.8, 4) is 0 Å². The second kappa shape index (κ2) is 33.5. The molecular weight excluding hydrogens is 725 g/mol. The molecular formula is C42H72NO11P. The summed E-state index contributed by atoms with van der Waals surface area (Å²) in [5.74, 6) is -2.47.